The van der Waals surface area contributed by atoms with Crippen LogP contribution in [0.25, 0.3) is 11.1 Å². The first-order valence-corrected chi connectivity index (χ1v) is 7.47. The van der Waals surface area contributed by atoms with Crippen LogP contribution < -0.4 is 0 Å². The maximum absolute atomic E-state index is 13.7. The second-order valence-corrected chi connectivity index (χ2v) is 5.48. The Balaban J connectivity index is 1.82. The molecule has 6 heteroatoms. The lowest BCUT2D eigenvalue weighted by atomic mass is 10.0. The SMILES string of the molecule is O=[N+]([O-])c1c(F)cccc1-c1ccc(CN2CCOCC2)cc1. The highest BCUT2D eigenvalue weighted by Gasteiger charge is 2.20. The van der Waals surface area contributed by atoms with Gasteiger partial charge in [0.15, 0.2) is 0 Å². The van der Waals surface area contributed by atoms with Gasteiger partial charge in [0.25, 0.3) is 0 Å². The van der Waals surface area contributed by atoms with Gasteiger partial charge in [-0.3, -0.25) is 15.0 Å². The lowest BCUT2D eigenvalue weighted by Crippen LogP contribution is -2.35. The van der Waals surface area contributed by atoms with E-state index in [0.717, 1.165) is 44.5 Å². The normalized spacial score (nSPS) is 15.5. The van der Waals surface area contributed by atoms with E-state index in [1.165, 1.54) is 6.07 Å². The number of benzene rings is 2. The molecule has 23 heavy (non-hydrogen) atoms. The summed E-state index contributed by atoms with van der Waals surface area (Å²) in [5.41, 5.74) is 1.58. The van der Waals surface area contributed by atoms with E-state index in [1.807, 2.05) is 12.1 Å². The van der Waals surface area contributed by atoms with E-state index < -0.39 is 16.4 Å². The van der Waals surface area contributed by atoms with E-state index in [-0.39, 0.29) is 0 Å². The van der Waals surface area contributed by atoms with Crippen molar-refractivity contribution in [1.29, 1.82) is 0 Å². The minimum absolute atomic E-state index is 0.299. The summed E-state index contributed by atoms with van der Waals surface area (Å²) in [7, 11) is 0. The Morgan fingerprint density at radius 3 is 2.48 bits per heavy atom. The van der Waals surface area contributed by atoms with E-state index in [0.29, 0.717) is 11.1 Å². The Labute approximate surface area is 133 Å². The summed E-state index contributed by atoms with van der Waals surface area (Å²) in [4.78, 5) is 12.7. The van der Waals surface area contributed by atoms with Gasteiger partial charge in [-0.05, 0) is 23.3 Å². The molecule has 1 fully saturated rings. The zero-order valence-corrected chi connectivity index (χ0v) is 12.6. The number of hydrogen-bond acceptors (Lipinski definition) is 4. The molecule has 1 aliphatic rings. The molecule has 0 N–H and O–H groups in total. The van der Waals surface area contributed by atoms with Crippen molar-refractivity contribution in [2.45, 2.75) is 6.54 Å². The van der Waals surface area contributed by atoms with Crippen LogP contribution in [0.15, 0.2) is 42.5 Å². The zero-order chi connectivity index (χ0) is 16.2. The maximum Gasteiger partial charge on any atom is 0.312 e. The molecule has 1 aliphatic heterocycles. The van der Waals surface area contributed by atoms with Crippen LogP contribution >= 0.6 is 0 Å². The van der Waals surface area contributed by atoms with Gasteiger partial charge in [0.2, 0.25) is 5.82 Å². The summed E-state index contributed by atoms with van der Waals surface area (Å²) in [6, 6.07) is 11.6. The van der Waals surface area contributed by atoms with Gasteiger partial charge >= 0.3 is 5.69 Å². The summed E-state index contributed by atoms with van der Waals surface area (Å²) in [5, 5.41) is 11.1. The molecule has 0 saturated carbocycles. The molecule has 0 radical (unpaired) electrons. The topological polar surface area (TPSA) is 55.6 Å². The minimum Gasteiger partial charge on any atom is -0.379 e. The maximum atomic E-state index is 13.7. The third kappa shape index (κ3) is 3.55. The number of nitrogens with zero attached hydrogens (tertiary/aromatic N) is 2. The molecule has 0 unspecified atom stereocenters. The fourth-order valence-corrected chi connectivity index (χ4v) is 2.74. The van der Waals surface area contributed by atoms with Crippen molar-refractivity contribution >= 4 is 5.69 Å². The molecule has 0 atom stereocenters. The Morgan fingerprint density at radius 1 is 1.13 bits per heavy atom. The highest BCUT2D eigenvalue weighted by atomic mass is 19.1. The Kier molecular flexibility index (Phi) is 4.64. The first kappa shape index (κ1) is 15.6. The van der Waals surface area contributed by atoms with Gasteiger partial charge in [-0.15, -0.1) is 0 Å². The van der Waals surface area contributed by atoms with Gasteiger partial charge < -0.3 is 4.74 Å². The predicted octanol–water partition coefficient (Wildman–Crippen LogP) is 3.23. The molecule has 0 aliphatic carbocycles. The Hall–Kier alpha value is -2.31. The van der Waals surface area contributed by atoms with Gasteiger partial charge in [0.05, 0.1) is 23.7 Å². The zero-order valence-electron chi connectivity index (χ0n) is 12.6. The quantitative estimate of drug-likeness (QED) is 0.642. The van der Waals surface area contributed by atoms with E-state index in [2.05, 4.69) is 4.90 Å². The number of morpholine rings is 1. The van der Waals surface area contributed by atoms with E-state index in [9.17, 15) is 14.5 Å². The van der Waals surface area contributed by atoms with Crippen molar-refractivity contribution in [1.82, 2.24) is 4.90 Å². The van der Waals surface area contributed by atoms with Crippen molar-refractivity contribution in [3.63, 3.8) is 0 Å². The average molecular weight is 316 g/mol. The predicted molar refractivity (Wildman–Crippen MR) is 84.6 cm³/mol. The molecule has 120 valence electrons. The molecule has 0 bridgehead atoms. The third-order valence-electron chi connectivity index (χ3n) is 3.94. The molecule has 1 saturated heterocycles. The molecular weight excluding hydrogens is 299 g/mol. The summed E-state index contributed by atoms with van der Waals surface area (Å²) in [5.74, 6) is -0.815. The lowest BCUT2D eigenvalue weighted by Gasteiger charge is -2.26. The summed E-state index contributed by atoms with van der Waals surface area (Å²) in [6.45, 7) is 4.10. The molecule has 3 rings (SSSR count). The molecule has 1 heterocycles. The summed E-state index contributed by atoms with van der Waals surface area (Å²) in [6.07, 6.45) is 0. The monoisotopic (exact) mass is 316 g/mol. The molecule has 2 aromatic rings. The minimum atomic E-state index is -0.815. The fourth-order valence-electron chi connectivity index (χ4n) is 2.74. The number of para-hydroxylation sites is 1. The number of halogens is 1. The number of ether oxygens (including phenoxy) is 1. The second kappa shape index (κ2) is 6.85. The van der Waals surface area contributed by atoms with Crippen LogP contribution in [-0.2, 0) is 11.3 Å². The fraction of sp³-hybridized carbons (Fsp3) is 0.294. The van der Waals surface area contributed by atoms with Crippen molar-refractivity contribution in [3.05, 3.63) is 64.0 Å². The van der Waals surface area contributed by atoms with Crippen LogP contribution in [0.4, 0.5) is 10.1 Å². The molecular formula is C17H17FN2O3. The third-order valence-corrected chi connectivity index (χ3v) is 3.94. The van der Waals surface area contributed by atoms with Gasteiger partial charge in [-0.2, -0.15) is 4.39 Å². The molecule has 0 spiro atoms. The van der Waals surface area contributed by atoms with Crippen molar-refractivity contribution < 1.29 is 14.1 Å². The molecule has 0 amide bonds. The first-order valence-electron chi connectivity index (χ1n) is 7.47. The van der Waals surface area contributed by atoms with Gasteiger partial charge in [0.1, 0.15) is 0 Å². The molecule has 5 nitrogen and oxygen atoms in total. The van der Waals surface area contributed by atoms with Crippen LogP contribution in [0.2, 0.25) is 0 Å². The first-order chi connectivity index (χ1) is 11.1. The van der Waals surface area contributed by atoms with E-state index >= 15 is 0 Å². The van der Waals surface area contributed by atoms with Crippen molar-refractivity contribution in [2.75, 3.05) is 26.3 Å². The van der Waals surface area contributed by atoms with E-state index in [4.69, 9.17) is 4.74 Å². The Morgan fingerprint density at radius 2 is 1.83 bits per heavy atom. The van der Waals surface area contributed by atoms with Crippen molar-refractivity contribution in [2.24, 2.45) is 0 Å². The average Bonchev–Trinajstić information content (AvgIpc) is 2.56. The molecule has 0 aromatic heterocycles. The second-order valence-electron chi connectivity index (χ2n) is 5.48. The number of nitro benzene ring substituents is 1. The van der Waals surface area contributed by atoms with Crippen LogP contribution in [0, 0.1) is 15.9 Å². The van der Waals surface area contributed by atoms with Crippen LogP contribution in [0.5, 0.6) is 0 Å². The van der Waals surface area contributed by atoms with Crippen LogP contribution in [0.1, 0.15) is 5.56 Å². The summed E-state index contributed by atoms with van der Waals surface area (Å²) < 4.78 is 19.0. The van der Waals surface area contributed by atoms with Gasteiger partial charge in [-0.25, -0.2) is 0 Å². The highest BCUT2D eigenvalue weighted by molar-refractivity contribution is 5.73. The number of nitro groups is 1. The largest absolute Gasteiger partial charge is 0.379 e. The lowest BCUT2D eigenvalue weighted by molar-refractivity contribution is -0.386. The summed E-state index contributed by atoms with van der Waals surface area (Å²) >= 11 is 0. The van der Waals surface area contributed by atoms with Gasteiger partial charge in [-0.1, -0.05) is 30.3 Å². The van der Waals surface area contributed by atoms with Crippen LogP contribution in [0.3, 0.4) is 0 Å². The standard InChI is InChI=1S/C17H17FN2O3/c18-16-3-1-2-15(17(16)20(21)22)14-6-4-13(5-7-14)12-19-8-10-23-11-9-19/h1-7H,8-12H2. The van der Waals surface area contributed by atoms with E-state index in [1.54, 1.807) is 18.2 Å². The van der Waals surface area contributed by atoms with Crippen LogP contribution in [-0.4, -0.2) is 36.1 Å². The van der Waals surface area contributed by atoms with Crippen molar-refractivity contribution in [3.8, 4) is 11.1 Å². The van der Waals surface area contributed by atoms with Gasteiger partial charge in [0, 0.05) is 19.6 Å². The number of rotatable bonds is 4. The molecule has 2 aromatic carbocycles. The highest BCUT2D eigenvalue weighted by Crippen LogP contribution is 2.32. The Bertz CT molecular complexity index is 697. The number of hydrogen-bond donors (Lipinski definition) is 0. The smallest absolute Gasteiger partial charge is 0.312 e.